The predicted molar refractivity (Wildman–Crippen MR) is 100 cm³/mol. The van der Waals surface area contributed by atoms with Crippen molar-refractivity contribution in [2.24, 2.45) is 0 Å². The van der Waals surface area contributed by atoms with E-state index in [-0.39, 0.29) is 11.7 Å². The summed E-state index contributed by atoms with van der Waals surface area (Å²) in [5.74, 6) is 5.88. The average molecular weight is 388 g/mol. The Hall–Kier alpha value is -2.60. The highest BCUT2D eigenvalue weighted by Gasteiger charge is 2.38. The second kappa shape index (κ2) is 7.96. The van der Waals surface area contributed by atoms with E-state index in [1.807, 2.05) is 0 Å². The van der Waals surface area contributed by atoms with Crippen molar-refractivity contribution < 1.29 is 9.18 Å². The number of carbonyl (C=O) groups excluding carboxylic acids is 1. The van der Waals surface area contributed by atoms with Gasteiger partial charge in [0.1, 0.15) is 11.4 Å². The van der Waals surface area contributed by atoms with Gasteiger partial charge in [0, 0.05) is 12.6 Å². The van der Waals surface area contributed by atoms with Crippen LogP contribution in [0.25, 0.3) is 11.4 Å². The minimum atomic E-state index is -0.723. The van der Waals surface area contributed by atoms with Crippen LogP contribution in [0.3, 0.4) is 0 Å². The van der Waals surface area contributed by atoms with E-state index in [2.05, 4.69) is 16.3 Å². The molecule has 0 bridgehead atoms. The smallest absolute Gasteiger partial charge is 0.234 e. The molecule has 0 aliphatic heterocycles. The molecular weight excluding hydrogens is 367 g/mol. The maximum absolute atomic E-state index is 13.4. The number of rotatable bonds is 5. The molecule has 142 valence electrons. The highest BCUT2D eigenvalue weighted by atomic mass is 32.2. The second-order valence-corrected chi connectivity index (χ2v) is 7.57. The van der Waals surface area contributed by atoms with Crippen LogP contribution >= 0.6 is 11.8 Å². The third-order valence-corrected chi connectivity index (χ3v) is 5.90. The maximum atomic E-state index is 13.4. The highest BCUT2D eigenvalue weighted by Crippen LogP contribution is 2.33. The van der Waals surface area contributed by atoms with Crippen LogP contribution in [-0.2, 0) is 4.79 Å². The lowest BCUT2D eigenvalue weighted by molar-refractivity contribution is -0.131. The zero-order valence-electron chi connectivity index (χ0n) is 15.1. The molecule has 1 heterocycles. The molecule has 2 N–H and O–H groups in total. The van der Waals surface area contributed by atoms with E-state index in [1.165, 1.54) is 16.8 Å². The molecule has 1 aliphatic carbocycles. The number of nitrogens with zero attached hydrogens (tertiary/aromatic N) is 5. The largest absolute Gasteiger partial charge is 0.335 e. The predicted octanol–water partition coefficient (Wildman–Crippen LogP) is 2.57. The number of amides is 1. The molecule has 0 saturated heterocycles. The Balaban J connectivity index is 1.68. The number of hydrogen-bond donors (Lipinski definition) is 1. The molecule has 0 radical (unpaired) electrons. The number of halogens is 1. The van der Waals surface area contributed by atoms with Gasteiger partial charge in [0.15, 0.2) is 5.82 Å². The van der Waals surface area contributed by atoms with Gasteiger partial charge >= 0.3 is 0 Å². The minimum absolute atomic E-state index is 0.0956. The molecule has 0 spiro atoms. The minimum Gasteiger partial charge on any atom is -0.335 e. The molecular formula is C18H21FN6OS. The van der Waals surface area contributed by atoms with E-state index >= 15 is 0 Å². The molecule has 7 nitrogen and oxygen atoms in total. The Bertz CT molecular complexity index is 871. The van der Waals surface area contributed by atoms with Gasteiger partial charge in [-0.15, -0.1) is 10.2 Å². The van der Waals surface area contributed by atoms with Crippen molar-refractivity contribution in [2.45, 2.75) is 42.8 Å². The number of hydrogen-bond acceptors (Lipinski definition) is 6. The zero-order chi connectivity index (χ0) is 19.4. The summed E-state index contributed by atoms with van der Waals surface area (Å²) in [5, 5.41) is 18.0. The van der Waals surface area contributed by atoms with Crippen LogP contribution in [0, 0.1) is 17.1 Å². The van der Waals surface area contributed by atoms with Crippen molar-refractivity contribution in [1.29, 1.82) is 5.26 Å². The number of thioether (sulfide) groups is 1. The molecule has 1 amide bonds. The Morgan fingerprint density at radius 1 is 1.41 bits per heavy atom. The molecule has 0 unspecified atom stereocenters. The first kappa shape index (κ1) is 19.2. The summed E-state index contributed by atoms with van der Waals surface area (Å²) in [6.07, 6.45) is 4.40. The van der Waals surface area contributed by atoms with Gasteiger partial charge in [-0.05, 0) is 25.0 Å². The first-order valence-corrected chi connectivity index (χ1v) is 9.72. The van der Waals surface area contributed by atoms with E-state index in [4.69, 9.17) is 5.84 Å². The molecule has 27 heavy (non-hydrogen) atoms. The maximum Gasteiger partial charge on any atom is 0.234 e. The number of nitriles is 1. The highest BCUT2D eigenvalue weighted by molar-refractivity contribution is 7.99. The van der Waals surface area contributed by atoms with E-state index in [1.54, 1.807) is 24.1 Å². The molecule has 1 saturated carbocycles. The van der Waals surface area contributed by atoms with E-state index in [0.29, 0.717) is 29.4 Å². The van der Waals surface area contributed by atoms with Crippen molar-refractivity contribution in [3.05, 3.63) is 30.1 Å². The first-order chi connectivity index (χ1) is 13.0. The van der Waals surface area contributed by atoms with Gasteiger partial charge in [-0.3, -0.25) is 4.79 Å². The van der Waals surface area contributed by atoms with Gasteiger partial charge in [-0.25, -0.2) is 9.07 Å². The van der Waals surface area contributed by atoms with Gasteiger partial charge in [-0.1, -0.05) is 43.2 Å². The average Bonchev–Trinajstić information content (AvgIpc) is 3.06. The quantitative estimate of drug-likeness (QED) is 0.624. The summed E-state index contributed by atoms with van der Waals surface area (Å²) >= 11 is 1.15. The fourth-order valence-corrected chi connectivity index (χ4v) is 4.09. The van der Waals surface area contributed by atoms with Crippen LogP contribution in [0.2, 0.25) is 0 Å². The van der Waals surface area contributed by atoms with Crippen LogP contribution < -0.4 is 5.84 Å². The van der Waals surface area contributed by atoms with Gasteiger partial charge in [0.25, 0.3) is 0 Å². The van der Waals surface area contributed by atoms with Gasteiger partial charge < -0.3 is 10.7 Å². The van der Waals surface area contributed by atoms with E-state index in [9.17, 15) is 14.4 Å². The van der Waals surface area contributed by atoms with Crippen LogP contribution in [0.15, 0.2) is 29.4 Å². The number of nitrogen functional groups attached to an aromatic ring is 1. The van der Waals surface area contributed by atoms with Gasteiger partial charge in [-0.2, -0.15) is 5.26 Å². The lowest BCUT2D eigenvalue weighted by Crippen LogP contribution is -2.50. The zero-order valence-corrected chi connectivity index (χ0v) is 15.9. The summed E-state index contributed by atoms with van der Waals surface area (Å²) in [7, 11) is 1.68. The van der Waals surface area contributed by atoms with Crippen LogP contribution in [0.4, 0.5) is 4.39 Å². The van der Waals surface area contributed by atoms with Gasteiger partial charge in [0.05, 0.1) is 11.8 Å². The molecule has 9 heteroatoms. The number of benzene rings is 1. The summed E-state index contributed by atoms with van der Waals surface area (Å²) in [5.41, 5.74) is -0.218. The van der Waals surface area contributed by atoms with E-state index in [0.717, 1.165) is 31.0 Å². The molecule has 1 fully saturated rings. The monoisotopic (exact) mass is 388 g/mol. The Morgan fingerprint density at radius 3 is 2.81 bits per heavy atom. The lowest BCUT2D eigenvalue weighted by Gasteiger charge is -2.39. The van der Waals surface area contributed by atoms with Crippen LogP contribution in [0.5, 0.6) is 0 Å². The Morgan fingerprint density at radius 2 is 2.15 bits per heavy atom. The molecule has 1 aromatic heterocycles. The van der Waals surface area contributed by atoms with Crippen LogP contribution in [-0.4, -0.2) is 44.0 Å². The fourth-order valence-electron chi connectivity index (χ4n) is 3.32. The third-order valence-electron chi connectivity index (χ3n) is 4.98. The van der Waals surface area contributed by atoms with Crippen molar-refractivity contribution >= 4 is 17.7 Å². The summed E-state index contributed by atoms with van der Waals surface area (Å²) in [6, 6.07) is 8.25. The molecule has 0 atom stereocenters. The third kappa shape index (κ3) is 3.90. The summed E-state index contributed by atoms with van der Waals surface area (Å²) in [6.45, 7) is 0. The first-order valence-electron chi connectivity index (χ1n) is 8.74. The summed E-state index contributed by atoms with van der Waals surface area (Å²) in [4.78, 5) is 14.2. The SMILES string of the molecule is CN(C(=O)CSc1nnc(-c2cccc(F)c2)n1N)C1(C#N)CCCCC1. The number of aromatic nitrogens is 3. The molecule has 1 aliphatic rings. The number of nitrogens with two attached hydrogens (primary N) is 1. The van der Waals surface area contributed by atoms with Crippen molar-refractivity contribution in [1.82, 2.24) is 19.8 Å². The normalized spacial score (nSPS) is 15.9. The van der Waals surface area contributed by atoms with Crippen molar-refractivity contribution in [3.8, 4) is 17.5 Å². The second-order valence-electron chi connectivity index (χ2n) is 6.63. The standard InChI is InChI=1S/C18H21FN6OS/c1-24(18(12-20)8-3-2-4-9-18)15(26)11-27-17-23-22-16(25(17)21)13-6-5-7-14(19)10-13/h5-7,10H,2-4,8-9,11,21H2,1H3. The topological polar surface area (TPSA) is 101 Å². The van der Waals surface area contributed by atoms with E-state index < -0.39 is 11.4 Å². The number of carbonyl (C=O) groups is 1. The molecule has 3 rings (SSSR count). The summed E-state index contributed by atoms with van der Waals surface area (Å²) < 4.78 is 14.6. The van der Waals surface area contributed by atoms with Crippen LogP contribution in [0.1, 0.15) is 32.1 Å². The fraction of sp³-hybridized carbons (Fsp3) is 0.444. The lowest BCUT2D eigenvalue weighted by atomic mass is 9.81. The Labute approximate surface area is 161 Å². The van der Waals surface area contributed by atoms with Gasteiger partial charge in [0.2, 0.25) is 11.1 Å². The molecule has 2 aromatic rings. The Kier molecular flexibility index (Phi) is 5.65. The van der Waals surface area contributed by atoms with Crippen molar-refractivity contribution in [2.75, 3.05) is 18.6 Å². The van der Waals surface area contributed by atoms with Crippen molar-refractivity contribution in [3.63, 3.8) is 0 Å². The molecule has 1 aromatic carbocycles.